The minimum Gasteiger partial charge on any atom is -0.548 e. The third-order valence-corrected chi connectivity index (χ3v) is 8.95. The minimum atomic E-state index is -1.29. The van der Waals surface area contributed by atoms with Gasteiger partial charge in [0.2, 0.25) is 0 Å². The summed E-state index contributed by atoms with van der Waals surface area (Å²) >= 11 is 1.52. The van der Waals surface area contributed by atoms with Gasteiger partial charge < -0.3 is 24.9 Å². The molecule has 0 spiro atoms. The molecule has 4 rings (SSSR count). The Morgan fingerprint density at radius 3 is 2.36 bits per heavy atom. The number of hydrogen-bond acceptors (Lipinski definition) is 6. The van der Waals surface area contributed by atoms with Crippen LogP contribution in [-0.4, -0.2) is 54.0 Å². The molecule has 3 aromatic rings. The molecule has 45 heavy (non-hydrogen) atoms. The van der Waals surface area contributed by atoms with Gasteiger partial charge in [-0.15, -0.1) is 0 Å². The van der Waals surface area contributed by atoms with Crippen molar-refractivity contribution in [3.63, 3.8) is 0 Å². The van der Waals surface area contributed by atoms with E-state index in [9.17, 15) is 19.5 Å². The molecule has 3 aromatic carbocycles. The first-order chi connectivity index (χ1) is 21.4. The molecule has 0 saturated heterocycles. The van der Waals surface area contributed by atoms with E-state index in [0.717, 1.165) is 40.7 Å². The summed E-state index contributed by atoms with van der Waals surface area (Å²) < 4.78 is 5.74. The van der Waals surface area contributed by atoms with Gasteiger partial charge in [0.1, 0.15) is 6.61 Å². The molecule has 1 fully saturated rings. The number of aryl methyl sites for hydroxylation is 1. The van der Waals surface area contributed by atoms with E-state index >= 15 is 0 Å². The first kappa shape index (κ1) is 36.3. The number of rotatable bonds is 14. The van der Waals surface area contributed by atoms with Crippen LogP contribution in [0.2, 0.25) is 0 Å². The van der Waals surface area contributed by atoms with Crippen molar-refractivity contribution in [2.75, 3.05) is 25.1 Å². The van der Waals surface area contributed by atoms with Crippen molar-refractivity contribution < 1.29 is 43.1 Å². The quantitative estimate of drug-likeness (QED) is 0.278. The number of carbonyl (C=O) groups is 3. The standard InChI is InChI=1S/C36H44N2O5S.Li/c1-26-11-9-10-16-30(26)32-23-27(17-18-31(32)34(39)37-33(35(40)41)20-22-44-2)19-21-38(24-28-12-5-3-6-13-28)36(42)43-25-29-14-7-4-8-15-29;/h4,7-11,14-18,23,28,33H,3,5-6,12-13,19-22,24-25H2,1-2H3,(H,37,39)(H,40,41);/q;+1/p-1. The van der Waals surface area contributed by atoms with Crippen molar-refractivity contribution in [3.8, 4) is 11.1 Å². The van der Waals surface area contributed by atoms with Crippen LogP contribution < -0.4 is 29.3 Å². The molecule has 9 heteroatoms. The normalized spacial score (nSPS) is 13.7. The predicted molar refractivity (Wildman–Crippen MR) is 174 cm³/mol. The van der Waals surface area contributed by atoms with Crippen molar-refractivity contribution in [2.45, 2.75) is 64.5 Å². The maximum atomic E-state index is 13.4. The molecule has 0 bridgehead atoms. The molecule has 7 nitrogen and oxygen atoms in total. The summed E-state index contributed by atoms with van der Waals surface area (Å²) in [6.45, 7) is 3.37. The second kappa shape index (κ2) is 18.7. The maximum Gasteiger partial charge on any atom is 1.00 e. The van der Waals surface area contributed by atoms with Gasteiger partial charge in [-0.3, -0.25) is 4.79 Å². The molecule has 0 aliphatic heterocycles. The first-order valence-corrected chi connectivity index (χ1v) is 16.9. The summed E-state index contributed by atoms with van der Waals surface area (Å²) in [5.74, 6) is -0.690. The average Bonchev–Trinajstić information content (AvgIpc) is 3.04. The van der Waals surface area contributed by atoms with Crippen LogP contribution in [0, 0.1) is 12.8 Å². The number of carbonyl (C=O) groups excluding carboxylic acids is 3. The van der Waals surface area contributed by atoms with E-state index in [1.54, 1.807) is 6.07 Å². The fraction of sp³-hybridized carbons (Fsp3) is 0.417. The topological polar surface area (TPSA) is 98.8 Å². The summed E-state index contributed by atoms with van der Waals surface area (Å²) in [6, 6.07) is 22.1. The van der Waals surface area contributed by atoms with E-state index in [1.807, 2.05) is 84.8 Å². The van der Waals surface area contributed by atoms with Crippen LogP contribution in [0.1, 0.15) is 65.6 Å². The van der Waals surface area contributed by atoms with Crippen molar-refractivity contribution >= 4 is 29.7 Å². The van der Waals surface area contributed by atoms with Crippen LogP contribution in [0.25, 0.3) is 11.1 Å². The SMILES string of the molecule is CSCCC(NC(=O)c1ccc(CCN(CC2CCCCC2)C(=O)OCc2ccccc2)cc1-c1ccccc1C)C(=O)[O-].[Li+]. The van der Waals surface area contributed by atoms with Gasteiger partial charge in [-0.25, -0.2) is 4.79 Å². The zero-order valence-electron chi connectivity index (χ0n) is 26.8. The third-order valence-electron chi connectivity index (χ3n) is 8.30. The Balaban J connectivity index is 0.00000552. The van der Waals surface area contributed by atoms with Crippen molar-refractivity contribution in [2.24, 2.45) is 5.92 Å². The minimum absolute atomic E-state index is 0. The van der Waals surface area contributed by atoms with Crippen LogP contribution in [0.4, 0.5) is 4.79 Å². The molecule has 1 saturated carbocycles. The number of carboxylic acids is 1. The summed E-state index contributed by atoms with van der Waals surface area (Å²) in [5, 5.41) is 14.4. The Bertz CT molecular complexity index is 1400. The zero-order valence-corrected chi connectivity index (χ0v) is 27.6. The molecule has 1 aliphatic carbocycles. The Morgan fingerprint density at radius 1 is 0.956 bits per heavy atom. The monoisotopic (exact) mass is 622 g/mol. The molecule has 1 N–H and O–H groups in total. The smallest absolute Gasteiger partial charge is 0.548 e. The number of aliphatic carboxylic acids is 1. The second-order valence-electron chi connectivity index (χ2n) is 11.6. The van der Waals surface area contributed by atoms with E-state index in [4.69, 9.17) is 4.74 Å². The van der Waals surface area contributed by atoms with E-state index in [2.05, 4.69) is 5.32 Å². The van der Waals surface area contributed by atoms with Crippen LogP contribution in [0.3, 0.4) is 0 Å². The average molecular weight is 623 g/mol. The predicted octanol–water partition coefficient (Wildman–Crippen LogP) is 3.03. The Kier molecular flexibility index (Phi) is 15.1. The number of amides is 2. The molecule has 0 radical (unpaired) electrons. The molecule has 1 atom stereocenters. The number of carboxylic acid groups (broad SMARTS) is 1. The number of benzene rings is 3. The summed E-state index contributed by atoms with van der Waals surface area (Å²) in [7, 11) is 0. The molecule has 1 aliphatic rings. The maximum absolute atomic E-state index is 13.4. The molecular weight excluding hydrogens is 579 g/mol. The van der Waals surface area contributed by atoms with Crippen LogP contribution in [0.5, 0.6) is 0 Å². The van der Waals surface area contributed by atoms with Crippen molar-refractivity contribution in [1.29, 1.82) is 0 Å². The Morgan fingerprint density at radius 2 is 1.67 bits per heavy atom. The van der Waals surface area contributed by atoms with Crippen molar-refractivity contribution in [1.82, 2.24) is 10.2 Å². The Labute approximate surface area is 283 Å². The fourth-order valence-corrected chi connectivity index (χ4v) is 6.25. The van der Waals surface area contributed by atoms with E-state index < -0.39 is 17.9 Å². The largest absolute Gasteiger partial charge is 1.00 e. The molecular formula is C36H43LiN2O5S. The fourth-order valence-electron chi connectivity index (χ4n) is 5.78. The zero-order chi connectivity index (χ0) is 31.3. The van der Waals surface area contributed by atoms with Crippen LogP contribution in [0.15, 0.2) is 72.8 Å². The van der Waals surface area contributed by atoms with Crippen LogP contribution >= 0.6 is 11.8 Å². The van der Waals surface area contributed by atoms with Gasteiger partial charge >= 0.3 is 25.0 Å². The van der Waals surface area contributed by atoms with Gasteiger partial charge in [-0.1, -0.05) is 86.0 Å². The molecule has 0 heterocycles. The number of ether oxygens (including phenoxy) is 1. The Hall–Kier alpha value is -3.18. The molecule has 234 valence electrons. The molecule has 2 amide bonds. The van der Waals surface area contributed by atoms with Crippen molar-refractivity contribution in [3.05, 3.63) is 95.1 Å². The number of nitrogens with one attached hydrogen (secondary N) is 1. The van der Waals surface area contributed by atoms with Crippen LogP contribution in [-0.2, 0) is 22.6 Å². The van der Waals surface area contributed by atoms with Gasteiger partial charge in [-0.05, 0) is 84.4 Å². The second-order valence-corrected chi connectivity index (χ2v) is 12.5. The van der Waals surface area contributed by atoms with E-state index in [1.165, 1.54) is 31.0 Å². The molecule has 0 aromatic heterocycles. The summed E-state index contributed by atoms with van der Waals surface area (Å²) in [6.07, 6.45) is 8.32. The van der Waals surface area contributed by atoms with Gasteiger partial charge in [0, 0.05) is 18.7 Å². The van der Waals surface area contributed by atoms with E-state index in [0.29, 0.717) is 36.7 Å². The number of nitrogens with zero attached hydrogens (tertiary/aromatic N) is 1. The summed E-state index contributed by atoms with van der Waals surface area (Å²) in [5.41, 5.74) is 4.95. The number of hydrogen-bond donors (Lipinski definition) is 1. The van der Waals surface area contributed by atoms with Gasteiger partial charge in [0.05, 0.1) is 12.0 Å². The van der Waals surface area contributed by atoms with Gasteiger partial charge in [-0.2, -0.15) is 11.8 Å². The molecule has 1 unspecified atom stereocenters. The van der Waals surface area contributed by atoms with E-state index in [-0.39, 0.29) is 38.0 Å². The first-order valence-electron chi connectivity index (χ1n) is 15.5. The summed E-state index contributed by atoms with van der Waals surface area (Å²) in [4.78, 5) is 40.3. The van der Waals surface area contributed by atoms with Gasteiger partial charge in [0.15, 0.2) is 0 Å². The van der Waals surface area contributed by atoms with Gasteiger partial charge in [0.25, 0.3) is 5.91 Å². The third kappa shape index (κ3) is 11.0. The number of thioether (sulfide) groups is 1.